The minimum absolute atomic E-state index is 0.632. The van der Waals surface area contributed by atoms with Crippen molar-refractivity contribution >= 4 is 5.95 Å². The molecule has 2 rings (SSSR count). The van der Waals surface area contributed by atoms with Gasteiger partial charge < -0.3 is 5.32 Å². The monoisotopic (exact) mass is 218 g/mol. The number of hydrogen-bond acceptors (Lipinski definition) is 5. The molecule has 2 aromatic heterocycles. The molecule has 2 aromatic rings. The van der Waals surface area contributed by atoms with Gasteiger partial charge in [-0.25, -0.2) is 14.6 Å². The lowest BCUT2D eigenvalue weighted by Crippen LogP contribution is -2.08. The van der Waals surface area contributed by atoms with Crippen LogP contribution in [0.25, 0.3) is 5.82 Å². The summed E-state index contributed by atoms with van der Waals surface area (Å²) in [6, 6.07) is 1.87. The molecule has 0 fully saturated rings. The van der Waals surface area contributed by atoms with Crippen molar-refractivity contribution in [3.05, 3.63) is 24.4 Å². The quantitative estimate of drug-likeness (QED) is 0.834. The molecule has 0 saturated heterocycles. The van der Waals surface area contributed by atoms with Gasteiger partial charge in [0.15, 0.2) is 5.82 Å². The van der Waals surface area contributed by atoms with Gasteiger partial charge in [-0.3, -0.25) is 0 Å². The van der Waals surface area contributed by atoms with Crippen LogP contribution in [0.3, 0.4) is 0 Å². The molecule has 0 aliphatic rings. The Kier molecular flexibility index (Phi) is 3.09. The Morgan fingerprint density at radius 2 is 2.25 bits per heavy atom. The highest BCUT2D eigenvalue weighted by Crippen LogP contribution is 2.07. The molecule has 2 heterocycles. The molecule has 0 saturated carbocycles. The summed E-state index contributed by atoms with van der Waals surface area (Å²) in [5, 5.41) is 7.19. The van der Waals surface area contributed by atoms with E-state index in [2.05, 4.69) is 32.3 Å². The highest BCUT2D eigenvalue weighted by atomic mass is 15.3. The Balaban J connectivity index is 2.29. The van der Waals surface area contributed by atoms with Gasteiger partial charge in [-0.15, -0.1) is 0 Å². The molecule has 0 bridgehead atoms. The van der Waals surface area contributed by atoms with E-state index < -0.39 is 0 Å². The van der Waals surface area contributed by atoms with Crippen molar-refractivity contribution in [2.45, 2.75) is 20.3 Å². The molecule has 0 atom stereocenters. The van der Waals surface area contributed by atoms with Crippen molar-refractivity contribution in [1.82, 2.24) is 24.7 Å². The van der Waals surface area contributed by atoms with Crippen molar-refractivity contribution in [3.8, 4) is 5.82 Å². The first-order chi connectivity index (χ1) is 7.79. The molecular weight excluding hydrogens is 204 g/mol. The van der Waals surface area contributed by atoms with Crippen LogP contribution in [0, 0.1) is 6.92 Å². The van der Waals surface area contributed by atoms with Gasteiger partial charge in [0.05, 0.1) is 0 Å². The molecule has 0 radical (unpaired) electrons. The van der Waals surface area contributed by atoms with Gasteiger partial charge in [-0.1, -0.05) is 6.92 Å². The lowest BCUT2D eigenvalue weighted by atomic mass is 10.4. The van der Waals surface area contributed by atoms with Crippen molar-refractivity contribution < 1.29 is 0 Å². The maximum Gasteiger partial charge on any atom is 0.224 e. The molecule has 0 aromatic carbocycles. The number of aromatic nitrogens is 5. The first-order valence-corrected chi connectivity index (χ1v) is 5.24. The molecule has 1 N–H and O–H groups in total. The van der Waals surface area contributed by atoms with Gasteiger partial charge in [0.25, 0.3) is 0 Å². The second-order valence-corrected chi connectivity index (χ2v) is 3.46. The highest BCUT2D eigenvalue weighted by molar-refractivity contribution is 5.33. The van der Waals surface area contributed by atoms with E-state index in [0.717, 1.165) is 24.5 Å². The van der Waals surface area contributed by atoms with Crippen LogP contribution in [0.2, 0.25) is 0 Å². The molecule has 0 unspecified atom stereocenters. The van der Waals surface area contributed by atoms with E-state index >= 15 is 0 Å². The SMILES string of the molecule is CCCNc1nc(C)cc(-n2cncn2)n1. The van der Waals surface area contributed by atoms with Crippen molar-refractivity contribution in [1.29, 1.82) is 0 Å². The fraction of sp³-hybridized carbons (Fsp3) is 0.400. The summed E-state index contributed by atoms with van der Waals surface area (Å²) in [6.45, 7) is 4.89. The number of nitrogens with one attached hydrogen (secondary N) is 1. The van der Waals surface area contributed by atoms with Gasteiger partial charge in [0.2, 0.25) is 5.95 Å². The number of hydrogen-bond donors (Lipinski definition) is 1. The van der Waals surface area contributed by atoms with E-state index in [-0.39, 0.29) is 0 Å². The number of aryl methyl sites for hydroxylation is 1. The summed E-state index contributed by atoms with van der Waals surface area (Å²) in [5.41, 5.74) is 0.902. The van der Waals surface area contributed by atoms with Gasteiger partial charge in [0, 0.05) is 18.3 Å². The third-order valence-corrected chi connectivity index (χ3v) is 2.03. The minimum Gasteiger partial charge on any atom is -0.354 e. The van der Waals surface area contributed by atoms with Gasteiger partial charge in [0.1, 0.15) is 12.7 Å². The zero-order chi connectivity index (χ0) is 11.4. The van der Waals surface area contributed by atoms with Crippen LogP contribution in [-0.4, -0.2) is 31.3 Å². The zero-order valence-corrected chi connectivity index (χ0v) is 9.38. The molecule has 0 aliphatic heterocycles. The fourth-order valence-corrected chi connectivity index (χ4v) is 1.31. The zero-order valence-electron chi connectivity index (χ0n) is 9.38. The van der Waals surface area contributed by atoms with Crippen LogP contribution in [0.1, 0.15) is 19.0 Å². The Morgan fingerprint density at radius 1 is 1.38 bits per heavy atom. The molecule has 0 amide bonds. The maximum atomic E-state index is 4.35. The van der Waals surface area contributed by atoms with Crippen LogP contribution < -0.4 is 5.32 Å². The summed E-state index contributed by atoms with van der Waals surface area (Å²) in [6.07, 6.45) is 4.14. The summed E-state index contributed by atoms with van der Waals surface area (Å²) in [4.78, 5) is 12.5. The highest BCUT2D eigenvalue weighted by Gasteiger charge is 2.03. The maximum absolute atomic E-state index is 4.35. The lowest BCUT2D eigenvalue weighted by Gasteiger charge is -2.06. The van der Waals surface area contributed by atoms with Crippen LogP contribution in [0.15, 0.2) is 18.7 Å². The van der Waals surface area contributed by atoms with Crippen LogP contribution in [-0.2, 0) is 0 Å². The predicted molar refractivity (Wildman–Crippen MR) is 60.5 cm³/mol. The van der Waals surface area contributed by atoms with Crippen LogP contribution >= 0.6 is 0 Å². The third kappa shape index (κ3) is 2.33. The Bertz CT molecular complexity index is 450. The topological polar surface area (TPSA) is 68.5 Å². The number of nitrogens with zero attached hydrogens (tertiary/aromatic N) is 5. The van der Waals surface area contributed by atoms with Crippen molar-refractivity contribution in [2.24, 2.45) is 0 Å². The third-order valence-electron chi connectivity index (χ3n) is 2.03. The first kappa shape index (κ1) is 10.5. The van der Waals surface area contributed by atoms with E-state index in [1.54, 1.807) is 11.0 Å². The molecule has 0 aliphatic carbocycles. The van der Waals surface area contributed by atoms with Crippen LogP contribution in [0.4, 0.5) is 5.95 Å². The lowest BCUT2D eigenvalue weighted by molar-refractivity contribution is 0.830. The molecule has 0 spiro atoms. The number of rotatable bonds is 4. The second-order valence-electron chi connectivity index (χ2n) is 3.46. The van der Waals surface area contributed by atoms with Gasteiger partial charge in [-0.2, -0.15) is 10.1 Å². The normalized spacial score (nSPS) is 10.4. The standard InChI is InChI=1S/C10H14N6/c1-3-4-12-10-14-8(2)5-9(15-10)16-7-11-6-13-16/h5-7H,3-4H2,1-2H3,(H,12,14,15). The smallest absolute Gasteiger partial charge is 0.224 e. The average molecular weight is 218 g/mol. The van der Waals surface area contributed by atoms with Gasteiger partial charge in [-0.05, 0) is 13.3 Å². The molecular formula is C10H14N6. The Morgan fingerprint density at radius 3 is 2.94 bits per heavy atom. The van der Waals surface area contributed by atoms with Crippen molar-refractivity contribution in [3.63, 3.8) is 0 Å². The minimum atomic E-state index is 0.632. The number of anilines is 1. The summed E-state index contributed by atoms with van der Waals surface area (Å²) < 4.78 is 1.62. The average Bonchev–Trinajstić information content (AvgIpc) is 2.79. The first-order valence-electron chi connectivity index (χ1n) is 5.24. The second kappa shape index (κ2) is 4.69. The Hall–Kier alpha value is -1.98. The van der Waals surface area contributed by atoms with E-state index in [4.69, 9.17) is 0 Å². The summed E-state index contributed by atoms with van der Waals surface area (Å²) >= 11 is 0. The van der Waals surface area contributed by atoms with E-state index in [9.17, 15) is 0 Å². The van der Waals surface area contributed by atoms with E-state index in [1.165, 1.54) is 6.33 Å². The molecule has 6 nitrogen and oxygen atoms in total. The Labute approximate surface area is 93.8 Å². The molecule has 84 valence electrons. The molecule has 16 heavy (non-hydrogen) atoms. The summed E-state index contributed by atoms with van der Waals surface area (Å²) in [7, 11) is 0. The van der Waals surface area contributed by atoms with Gasteiger partial charge >= 0.3 is 0 Å². The van der Waals surface area contributed by atoms with Crippen molar-refractivity contribution in [2.75, 3.05) is 11.9 Å². The van der Waals surface area contributed by atoms with E-state index in [0.29, 0.717) is 5.95 Å². The largest absolute Gasteiger partial charge is 0.354 e. The fourth-order valence-electron chi connectivity index (χ4n) is 1.31. The predicted octanol–water partition coefficient (Wildman–Crippen LogP) is 1.19. The van der Waals surface area contributed by atoms with Crippen LogP contribution in [0.5, 0.6) is 0 Å². The molecule has 6 heteroatoms. The summed E-state index contributed by atoms with van der Waals surface area (Å²) in [5.74, 6) is 1.36. The van der Waals surface area contributed by atoms with E-state index in [1.807, 2.05) is 13.0 Å².